The molecule has 1 fully saturated rings. The van der Waals surface area contributed by atoms with Crippen LogP contribution in [-0.4, -0.2) is 27.2 Å². The van der Waals surface area contributed by atoms with Crippen molar-refractivity contribution in [3.63, 3.8) is 0 Å². The van der Waals surface area contributed by atoms with Gasteiger partial charge in [0.05, 0.1) is 5.03 Å². The van der Waals surface area contributed by atoms with Crippen LogP contribution in [0.1, 0.15) is 6.42 Å². The maximum Gasteiger partial charge on any atom is 0.174 e. The van der Waals surface area contributed by atoms with E-state index in [9.17, 15) is 10.3 Å². The summed E-state index contributed by atoms with van der Waals surface area (Å²) in [6, 6.07) is 0. The Morgan fingerprint density at radius 1 is 1.62 bits per heavy atom. The normalized spacial score (nSPS) is 41.3. The molecule has 6 heteroatoms. The van der Waals surface area contributed by atoms with Gasteiger partial charge in [-0.3, -0.25) is 4.65 Å². The fourth-order valence-corrected chi connectivity index (χ4v) is 3.40. The molecule has 0 aromatic carbocycles. The van der Waals surface area contributed by atoms with Gasteiger partial charge in [0.1, 0.15) is 24.4 Å². The second-order valence-electron chi connectivity index (χ2n) is 4.05. The van der Waals surface area contributed by atoms with Crippen molar-refractivity contribution in [2.24, 2.45) is 0 Å². The van der Waals surface area contributed by atoms with Gasteiger partial charge in [-0.15, -0.1) is 0 Å². The number of fused-ring (bicyclic) bond motifs is 2. The van der Waals surface area contributed by atoms with Crippen molar-refractivity contribution >= 4 is 23.4 Å². The maximum atomic E-state index is 12.4. The zero-order valence-corrected chi connectivity index (χ0v) is 9.87. The molecule has 0 radical (unpaired) electrons. The summed E-state index contributed by atoms with van der Waals surface area (Å²) >= 11 is 7.19. The van der Waals surface area contributed by atoms with E-state index in [1.165, 1.54) is 18.0 Å². The molecule has 0 saturated carbocycles. The monoisotopic (exact) mass is 259 g/mol. The number of allylic oxidation sites excluding steroid dienone is 1. The first-order valence-electron chi connectivity index (χ1n) is 4.93. The Morgan fingerprint density at radius 3 is 3.25 bits per heavy atom. The quantitative estimate of drug-likeness (QED) is 0.534. The van der Waals surface area contributed by atoms with E-state index >= 15 is 0 Å². The first-order chi connectivity index (χ1) is 7.57. The Hall–Kier alpha value is -0.460. The molecule has 0 aromatic rings. The Morgan fingerprint density at radius 2 is 2.44 bits per heavy atom. The summed E-state index contributed by atoms with van der Waals surface area (Å²) < 4.78 is 4.88. The molecule has 1 N–H and O–H groups in total. The largest absolute Gasteiger partial charge is 0.622 e. The summed E-state index contributed by atoms with van der Waals surface area (Å²) in [5.41, 5.74) is 0.647. The van der Waals surface area contributed by atoms with Gasteiger partial charge in [0.2, 0.25) is 0 Å². The van der Waals surface area contributed by atoms with Gasteiger partial charge in [-0.25, -0.2) is 0 Å². The Bertz CT molecular complexity index is 434. The van der Waals surface area contributed by atoms with E-state index < -0.39 is 10.1 Å². The molecule has 0 aliphatic carbocycles. The number of hydrogen-bond donors (Lipinski definition) is 1. The number of rotatable bonds is 0. The highest BCUT2D eigenvalue weighted by molar-refractivity contribution is 8.00. The lowest BCUT2D eigenvalue weighted by atomic mass is 10.2. The number of aliphatic hydroxyl groups is 1. The van der Waals surface area contributed by atoms with Gasteiger partial charge < -0.3 is 15.1 Å². The summed E-state index contributed by atoms with van der Waals surface area (Å²) in [6.45, 7) is 0.216. The van der Waals surface area contributed by atoms with Gasteiger partial charge in [-0.05, 0) is 0 Å². The Labute approximate surface area is 102 Å². The van der Waals surface area contributed by atoms with Crippen LogP contribution in [-0.2, 0) is 4.74 Å². The zero-order chi connectivity index (χ0) is 11.3. The molecule has 0 amide bonds. The summed E-state index contributed by atoms with van der Waals surface area (Å²) in [5.74, 6) is 0. The number of hydrogen-bond acceptors (Lipinski definition) is 4. The van der Waals surface area contributed by atoms with Crippen molar-refractivity contribution in [2.75, 3.05) is 6.54 Å². The van der Waals surface area contributed by atoms with Crippen molar-refractivity contribution < 1.29 is 14.5 Å². The minimum Gasteiger partial charge on any atom is -0.622 e. The molecule has 86 valence electrons. The summed E-state index contributed by atoms with van der Waals surface area (Å²) in [7, 11) is 0. The smallest absolute Gasteiger partial charge is 0.174 e. The average molecular weight is 260 g/mol. The first-order valence-corrected chi connectivity index (χ1v) is 6.25. The number of halogens is 1. The predicted octanol–water partition coefficient (Wildman–Crippen LogP) is 1.97. The van der Waals surface area contributed by atoms with Crippen LogP contribution in [0.3, 0.4) is 0 Å². The van der Waals surface area contributed by atoms with Crippen LogP contribution in [0, 0.1) is 5.21 Å². The van der Waals surface area contributed by atoms with Crippen LogP contribution in [0.2, 0.25) is 0 Å². The third-order valence-corrected chi connectivity index (χ3v) is 4.18. The number of aliphatic hydroxyl groups excluding tert-OH is 1. The van der Waals surface area contributed by atoms with E-state index in [1.807, 2.05) is 0 Å². The molecule has 0 spiro atoms. The highest BCUT2D eigenvalue weighted by Gasteiger charge is 2.38. The van der Waals surface area contributed by atoms with Crippen molar-refractivity contribution in [1.82, 2.24) is 0 Å². The lowest BCUT2D eigenvalue weighted by Crippen LogP contribution is -2.32. The van der Waals surface area contributed by atoms with Crippen LogP contribution in [0.15, 0.2) is 34.8 Å². The molecule has 0 bridgehead atoms. The lowest BCUT2D eigenvalue weighted by molar-refractivity contribution is -0.775. The van der Waals surface area contributed by atoms with Crippen LogP contribution >= 0.6 is 23.4 Å². The van der Waals surface area contributed by atoms with Crippen molar-refractivity contribution in [3.8, 4) is 0 Å². The van der Waals surface area contributed by atoms with Gasteiger partial charge in [0, 0.05) is 18.1 Å². The number of thioether (sulfide) groups is 1. The van der Waals surface area contributed by atoms with E-state index in [2.05, 4.69) is 0 Å². The molecular formula is C10H10ClNO3S. The van der Waals surface area contributed by atoms with E-state index in [1.54, 1.807) is 12.3 Å². The summed E-state index contributed by atoms with van der Waals surface area (Å²) in [5, 5.41) is 22.5. The number of hydroxylamine groups is 3. The van der Waals surface area contributed by atoms with E-state index in [4.69, 9.17) is 16.3 Å². The highest BCUT2D eigenvalue weighted by atomic mass is 35.5. The van der Waals surface area contributed by atoms with Crippen molar-refractivity contribution in [1.29, 1.82) is 0 Å². The van der Waals surface area contributed by atoms with Crippen LogP contribution in [0.5, 0.6) is 0 Å². The molecule has 16 heavy (non-hydrogen) atoms. The minimum absolute atomic E-state index is 0.216. The van der Waals surface area contributed by atoms with Gasteiger partial charge >= 0.3 is 0 Å². The summed E-state index contributed by atoms with van der Waals surface area (Å²) in [4.78, 5) is 0. The van der Waals surface area contributed by atoms with Crippen LogP contribution < -0.4 is 0 Å². The molecule has 0 aromatic heterocycles. The van der Waals surface area contributed by atoms with Crippen molar-refractivity contribution in [3.05, 3.63) is 40.0 Å². The standard InChI is InChI=1S/C10H10ClNO3S/c11-7-2-8-5-15-10-6(1-9(13)16-10)3-12(8,14)4-7/h2-3,5,9-10,13H,1,4H2/t9-,10+,12?/m1/s1. The molecule has 3 aliphatic rings. The van der Waals surface area contributed by atoms with Gasteiger partial charge in [0.15, 0.2) is 11.1 Å². The SMILES string of the molecule is [O-][N+]12C=C3C[C@H](O)S[C@@H]3OC=C1C=C(Cl)C2. The highest BCUT2D eigenvalue weighted by Crippen LogP contribution is 2.43. The number of ether oxygens (including phenoxy) is 1. The van der Waals surface area contributed by atoms with Gasteiger partial charge in [-0.1, -0.05) is 23.4 Å². The number of nitrogens with zero attached hydrogens (tertiary/aromatic N) is 1. The molecule has 4 nitrogen and oxygen atoms in total. The molecular weight excluding hydrogens is 250 g/mol. The lowest BCUT2D eigenvalue weighted by Gasteiger charge is -2.34. The topological polar surface area (TPSA) is 52.5 Å². The second-order valence-corrected chi connectivity index (χ2v) is 5.78. The fourth-order valence-electron chi connectivity index (χ4n) is 2.08. The maximum absolute atomic E-state index is 12.4. The van der Waals surface area contributed by atoms with Crippen molar-refractivity contribution in [2.45, 2.75) is 17.3 Å². The van der Waals surface area contributed by atoms with Gasteiger partial charge in [-0.2, -0.15) is 0 Å². The molecule has 3 heterocycles. The Kier molecular flexibility index (Phi) is 2.35. The van der Waals surface area contributed by atoms with E-state index in [0.29, 0.717) is 17.2 Å². The van der Waals surface area contributed by atoms with E-state index in [0.717, 1.165) is 5.57 Å². The molecule has 3 rings (SSSR count). The minimum atomic E-state index is -0.599. The fraction of sp³-hybridized carbons (Fsp3) is 0.400. The van der Waals surface area contributed by atoms with Gasteiger partial charge in [0.25, 0.3) is 0 Å². The third kappa shape index (κ3) is 1.59. The summed E-state index contributed by atoms with van der Waals surface area (Å²) in [6.07, 6.45) is 5.20. The van der Waals surface area contributed by atoms with Crippen LogP contribution in [0.4, 0.5) is 0 Å². The predicted molar refractivity (Wildman–Crippen MR) is 61.7 cm³/mol. The molecule has 1 unspecified atom stereocenters. The average Bonchev–Trinajstić information content (AvgIpc) is 2.61. The molecule has 3 aliphatic heterocycles. The first kappa shape index (κ1) is 10.7. The number of quaternary nitrogens is 1. The Balaban J connectivity index is 2.00. The third-order valence-electron chi connectivity index (χ3n) is 2.81. The van der Waals surface area contributed by atoms with E-state index in [-0.39, 0.29) is 12.0 Å². The second kappa shape index (κ2) is 3.51. The molecule has 3 atom stereocenters. The van der Waals surface area contributed by atoms with Crippen LogP contribution in [0.25, 0.3) is 0 Å². The molecule has 1 saturated heterocycles. The zero-order valence-electron chi connectivity index (χ0n) is 8.30.